The number of Topliss-reactive ketones (excluding diaryl/α,β-unsaturated/α-hetero) is 1. The summed E-state index contributed by atoms with van der Waals surface area (Å²) in [6.07, 6.45) is 4.06. The minimum Gasteiger partial charge on any atom is -0.454 e. The molecule has 27 heavy (non-hydrogen) atoms. The standard InChI is InChI=1S/C22H22N2O3/c23-21-6-2-5-20(25)22(24-21,16-8-9-16)17-4-1-3-14(11-17)15-7-10-18-19(12-15)27-13-26-18/h1,3-4,7,10-12,16H,2,5-6,8-9,13H2,(H2,23,24). The average molecular weight is 362 g/mol. The molecular weight excluding hydrogens is 340 g/mol. The van der Waals surface area contributed by atoms with E-state index in [9.17, 15) is 4.79 Å². The first kappa shape index (κ1) is 16.4. The van der Waals surface area contributed by atoms with Gasteiger partial charge in [0.15, 0.2) is 17.3 Å². The van der Waals surface area contributed by atoms with E-state index in [0.29, 0.717) is 18.7 Å². The first-order valence-corrected chi connectivity index (χ1v) is 9.55. The number of rotatable bonds is 3. The van der Waals surface area contributed by atoms with Crippen LogP contribution >= 0.6 is 0 Å². The lowest BCUT2D eigenvalue weighted by atomic mass is 9.79. The molecule has 0 aromatic heterocycles. The van der Waals surface area contributed by atoms with Crippen molar-refractivity contribution < 1.29 is 14.3 Å². The third-order valence-corrected chi connectivity index (χ3v) is 5.76. The topological polar surface area (TPSA) is 73.9 Å². The maximum atomic E-state index is 13.2. The Labute approximate surface area is 158 Å². The van der Waals surface area contributed by atoms with Gasteiger partial charge in [-0.2, -0.15) is 0 Å². The van der Waals surface area contributed by atoms with Crippen LogP contribution in [0.4, 0.5) is 0 Å². The molecule has 2 aromatic rings. The number of nitrogens with two attached hydrogens (primary N) is 1. The van der Waals surface area contributed by atoms with Crippen LogP contribution in [0.2, 0.25) is 0 Å². The number of aliphatic imine (C=N–C) groups is 1. The number of amidine groups is 1. The quantitative estimate of drug-likeness (QED) is 0.901. The van der Waals surface area contributed by atoms with Gasteiger partial charge >= 0.3 is 0 Å². The minimum absolute atomic E-state index is 0.202. The Morgan fingerprint density at radius 1 is 1.00 bits per heavy atom. The second-order valence-corrected chi connectivity index (χ2v) is 7.57. The van der Waals surface area contributed by atoms with Crippen LogP contribution in [-0.2, 0) is 10.3 Å². The molecule has 0 bridgehead atoms. The normalized spacial score (nSPS) is 24.4. The number of hydrogen-bond acceptors (Lipinski definition) is 5. The Hall–Kier alpha value is -2.82. The van der Waals surface area contributed by atoms with Gasteiger partial charge in [-0.15, -0.1) is 0 Å². The van der Waals surface area contributed by atoms with E-state index in [4.69, 9.17) is 20.2 Å². The Bertz CT molecular complexity index is 948. The summed E-state index contributed by atoms with van der Waals surface area (Å²) in [4.78, 5) is 18.0. The van der Waals surface area contributed by atoms with Crippen LogP contribution in [0.1, 0.15) is 37.7 Å². The fourth-order valence-electron chi connectivity index (χ4n) is 4.26. The van der Waals surface area contributed by atoms with E-state index < -0.39 is 5.54 Å². The second kappa shape index (κ2) is 6.12. The van der Waals surface area contributed by atoms with E-state index in [1.54, 1.807) is 0 Å². The summed E-state index contributed by atoms with van der Waals surface area (Å²) in [5, 5.41) is 0. The summed E-state index contributed by atoms with van der Waals surface area (Å²) < 4.78 is 10.9. The van der Waals surface area contributed by atoms with Crippen LogP contribution in [-0.4, -0.2) is 18.4 Å². The Kier molecular flexibility index (Phi) is 3.71. The van der Waals surface area contributed by atoms with Crippen molar-refractivity contribution in [2.45, 2.75) is 37.6 Å². The van der Waals surface area contributed by atoms with Gasteiger partial charge in [0.25, 0.3) is 0 Å². The average Bonchev–Trinajstić information content (AvgIpc) is 3.45. The molecule has 0 spiro atoms. The van der Waals surface area contributed by atoms with Crippen molar-refractivity contribution in [3.63, 3.8) is 0 Å². The third-order valence-electron chi connectivity index (χ3n) is 5.76. The smallest absolute Gasteiger partial charge is 0.231 e. The molecule has 1 atom stereocenters. The van der Waals surface area contributed by atoms with Crippen molar-refractivity contribution in [2.75, 3.05) is 6.79 Å². The van der Waals surface area contributed by atoms with Crippen molar-refractivity contribution in [2.24, 2.45) is 16.6 Å². The molecule has 2 aliphatic heterocycles. The van der Waals surface area contributed by atoms with Gasteiger partial charge in [0.1, 0.15) is 5.54 Å². The molecule has 138 valence electrons. The molecule has 0 radical (unpaired) electrons. The van der Waals surface area contributed by atoms with Crippen molar-refractivity contribution >= 4 is 11.6 Å². The SMILES string of the molecule is NC1=NC(c2cccc(-c3ccc4c(c3)OCO4)c2)(C2CC2)C(=O)CCC1. The largest absolute Gasteiger partial charge is 0.454 e. The Morgan fingerprint density at radius 3 is 2.67 bits per heavy atom. The predicted molar refractivity (Wildman–Crippen MR) is 103 cm³/mol. The molecule has 2 heterocycles. The molecule has 1 aliphatic carbocycles. The van der Waals surface area contributed by atoms with Gasteiger partial charge in [-0.05, 0) is 60.1 Å². The van der Waals surface area contributed by atoms with Gasteiger partial charge in [0.05, 0.1) is 5.84 Å². The number of nitrogens with zero attached hydrogens (tertiary/aromatic N) is 1. The van der Waals surface area contributed by atoms with Crippen molar-refractivity contribution in [3.05, 3.63) is 48.0 Å². The van der Waals surface area contributed by atoms with Gasteiger partial charge in [-0.3, -0.25) is 9.79 Å². The van der Waals surface area contributed by atoms with Gasteiger partial charge < -0.3 is 15.2 Å². The summed E-state index contributed by atoms with van der Waals surface area (Å²) in [5.74, 6) is 2.58. The highest BCUT2D eigenvalue weighted by molar-refractivity contribution is 5.96. The van der Waals surface area contributed by atoms with Crippen LogP contribution < -0.4 is 15.2 Å². The number of ether oxygens (including phenoxy) is 2. The van der Waals surface area contributed by atoms with E-state index in [-0.39, 0.29) is 18.5 Å². The molecule has 1 fully saturated rings. The second-order valence-electron chi connectivity index (χ2n) is 7.57. The molecule has 2 N–H and O–H groups in total. The van der Waals surface area contributed by atoms with Crippen molar-refractivity contribution in [1.29, 1.82) is 0 Å². The lowest BCUT2D eigenvalue weighted by Gasteiger charge is -2.29. The monoisotopic (exact) mass is 362 g/mol. The zero-order chi connectivity index (χ0) is 18.4. The van der Waals surface area contributed by atoms with E-state index in [2.05, 4.69) is 12.1 Å². The summed E-state index contributed by atoms with van der Waals surface area (Å²) >= 11 is 0. The maximum absolute atomic E-state index is 13.2. The van der Waals surface area contributed by atoms with Gasteiger partial charge in [-0.1, -0.05) is 24.3 Å². The van der Waals surface area contributed by atoms with Gasteiger partial charge in [0, 0.05) is 12.8 Å². The fourth-order valence-corrected chi connectivity index (χ4v) is 4.26. The molecule has 5 rings (SSSR count). The van der Waals surface area contributed by atoms with Crippen molar-refractivity contribution in [3.8, 4) is 22.6 Å². The van der Waals surface area contributed by atoms with E-state index in [1.165, 1.54) is 0 Å². The molecular formula is C22H22N2O3. The molecule has 3 aliphatic rings. The first-order chi connectivity index (χ1) is 13.2. The van der Waals surface area contributed by atoms with E-state index in [0.717, 1.165) is 47.5 Å². The van der Waals surface area contributed by atoms with Crippen LogP contribution in [0.15, 0.2) is 47.5 Å². The number of carbonyl (C=O) groups is 1. The van der Waals surface area contributed by atoms with Crippen molar-refractivity contribution in [1.82, 2.24) is 0 Å². The summed E-state index contributed by atoms with van der Waals surface area (Å²) in [6.45, 7) is 0.256. The summed E-state index contributed by atoms with van der Waals surface area (Å²) in [6, 6.07) is 14.1. The third kappa shape index (κ3) is 2.69. The molecule has 2 aromatic carbocycles. The lowest BCUT2D eigenvalue weighted by molar-refractivity contribution is -0.125. The fraction of sp³-hybridized carbons (Fsp3) is 0.364. The van der Waals surface area contributed by atoms with Crippen LogP contribution in [0.5, 0.6) is 11.5 Å². The lowest BCUT2D eigenvalue weighted by Crippen LogP contribution is -2.37. The van der Waals surface area contributed by atoms with Gasteiger partial charge in [0.2, 0.25) is 6.79 Å². The van der Waals surface area contributed by atoms with Crippen LogP contribution in [0, 0.1) is 5.92 Å². The summed E-state index contributed by atoms with van der Waals surface area (Å²) in [7, 11) is 0. The highest BCUT2D eigenvalue weighted by Crippen LogP contribution is 2.51. The molecule has 5 nitrogen and oxygen atoms in total. The van der Waals surface area contributed by atoms with E-state index in [1.807, 2.05) is 30.3 Å². The molecule has 5 heteroatoms. The van der Waals surface area contributed by atoms with Crippen LogP contribution in [0.3, 0.4) is 0 Å². The number of ketones is 1. The zero-order valence-corrected chi connectivity index (χ0v) is 15.1. The highest BCUT2D eigenvalue weighted by Gasteiger charge is 2.52. The maximum Gasteiger partial charge on any atom is 0.231 e. The van der Waals surface area contributed by atoms with Crippen LogP contribution in [0.25, 0.3) is 11.1 Å². The highest BCUT2D eigenvalue weighted by atomic mass is 16.7. The molecule has 1 saturated carbocycles. The summed E-state index contributed by atoms with van der Waals surface area (Å²) in [5.41, 5.74) is 8.37. The molecule has 1 unspecified atom stereocenters. The Morgan fingerprint density at radius 2 is 1.81 bits per heavy atom. The van der Waals surface area contributed by atoms with E-state index >= 15 is 0 Å². The Balaban J connectivity index is 1.61. The number of carbonyl (C=O) groups excluding carboxylic acids is 1. The molecule has 0 saturated heterocycles. The number of hydrogen-bond donors (Lipinski definition) is 1. The zero-order valence-electron chi connectivity index (χ0n) is 15.1. The first-order valence-electron chi connectivity index (χ1n) is 9.55. The number of benzene rings is 2. The number of fused-ring (bicyclic) bond motifs is 1. The predicted octanol–water partition coefficient (Wildman–Crippen LogP) is 3.80. The molecule has 0 amide bonds. The van der Waals surface area contributed by atoms with Gasteiger partial charge in [-0.25, -0.2) is 0 Å². The minimum atomic E-state index is -0.813.